The average Bonchev–Trinajstić information content (AvgIpc) is 2.99. The van der Waals surface area contributed by atoms with Crippen molar-refractivity contribution in [2.75, 3.05) is 13.6 Å². The van der Waals surface area contributed by atoms with Crippen molar-refractivity contribution in [2.24, 2.45) is 10.8 Å². The van der Waals surface area contributed by atoms with Crippen LogP contribution in [-0.4, -0.2) is 37.4 Å². The maximum Gasteiger partial charge on any atom is 0.314 e. The Balaban J connectivity index is 2.58. The van der Waals surface area contributed by atoms with Gasteiger partial charge in [-0.05, 0) is 122 Å². The molecule has 0 aromatic heterocycles. The molecule has 48 heavy (non-hydrogen) atoms. The summed E-state index contributed by atoms with van der Waals surface area (Å²) in [5, 5.41) is 0. The van der Waals surface area contributed by atoms with Gasteiger partial charge in [-0.3, -0.25) is 14.4 Å². The fraction of sp³-hybridized carbons (Fsp3) is 0.575. The van der Waals surface area contributed by atoms with Crippen molar-refractivity contribution in [1.82, 2.24) is 0 Å². The van der Waals surface area contributed by atoms with Gasteiger partial charge in [-0.2, -0.15) is 0 Å². The number of hydrogen-bond acceptors (Lipinski definition) is 8. The number of benzene rings is 2. The van der Waals surface area contributed by atoms with Crippen LogP contribution in [0.1, 0.15) is 137 Å². The van der Waals surface area contributed by atoms with Crippen LogP contribution >= 0.6 is 0 Å². The number of rotatable bonds is 15. The fourth-order valence-corrected chi connectivity index (χ4v) is 4.49. The molecule has 0 amide bonds. The smallest absolute Gasteiger partial charge is 0.314 e. The molecule has 0 heterocycles. The van der Waals surface area contributed by atoms with E-state index in [1.807, 2.05) is 19.9 Å². The van der Waals surface area contributed by atoms with Gasteiger partial charge in [0.2, 0.25) is 13.6 Å². The highest BCUT2D eigenvalue weighted by molar-refractivity contribution is 6.07. The molecule has 0 saturated heterocycles. The Morgan fingerprint density at radius 1 is 0.708 bits per heavy atom. The number of allylic oxidation sites excluding steroid dienone is 1. The van der Waals surface area contributed by atoms with Gasteiger partial charge in [-0.1, -0.05) is 41.5 Å². The number of carbonyl (C=O) groups is 3. The van der Waals surface area contributed by atoms with Crippen LogP contribution in [0.4, 0.5) is 0 Å². The Kier molecular flexibility index (Phi) is 13.5. The standard InChI is InChI=1S/C40H58O8/c1-15-39(11,12)30-23-28(19-22-31(41)27-17-20-29(21-18-27)44-24-46-35(42)37(5,6)7)33(48-26(3)4)32(40(13,14)16-2)34(30)45-25-47-36(43)38(8,9)10/h17-23,26H,15-16,24-25H2,1-14H3. The number of hydrogen-bond donors (Lipinski definition) is 0. The first-order valence-electron chi connectivity index (χ1n) is 16.9. The van der Waals surface area contributed by atoms with Crippen LogP contribution in [-0.2, 0) is 29.9 Å². The zero-order chi connectivity index (χ0) is 36.7. The van der Waals surface area contributed by atoms with Crippen LogP contribution in [0.2, 0.25) is 0 Å². The molecule has 0 bridgehead atoms. The fourth-order valence-electron chi connectivity index (χ4n) is 4.49. The van der Waals surface area contributed by atoms with Gasteiger partial charge in [0, 0.05) is 22.3 Å². The summed E-state index contributed by atoms with van der Waals surface area (Å²) in [7, 11) is 0. The van der Waals surface area contributed by atoms with Gasteiger partial charge in [0.1, 0.15) is 17.2 Å². The van der Waals surface area contributed by atoms with Crippen LogP contribution in [0.15, 0.2) is 36.4 Å². The first kappa shape index (κ1) is 40.4. The Morgan fingerprint density at radius 2 is 1.21 bits per heavy atom. The molecule has 0 radical (unpaired) electrons. The van der Waals surface area contributed by atoms with Crippen molar-refractivity contribution in [3.05, 3.63) is 58.7 Å². The van der Waals surface area contributed by atoms with Crippen LogP contribution in [0.25, 0.3) is 6.08 Å². The molecule has 2 rings (SSSR count). The third kappa shape index (κ3) is 10.9. The number of carbonyl (C=O) groups excluding carboxylic acids is 3. The minimum Gasteiger partial charge on any atom is -0.490 e. The highest BCUT2D eigenvalue weighted by Crippen LogP contribution is 2.49. The summed E-state index contributed by atoms with van der Waals surface area (Å²) >= 11 is 0. The van der Waals surface area contributed by atoms with E-state index in [1.54, 1.807) is 78.0 Å². The molecule has 0 aliphatic rings. The molecule has 8 nitrogen and oxygen atoms in total. The SMILES string of the molecule is CCC(C)(C)c1cc(C=CC(=O)c2ccc(OCOC(=O)C(C)(C)C)cc2)c(OC(C)C)c(C(C)(C)CC)c1OCOC(=O)C(C)(C)C. The van der Waals surface area contributed by atoms with Crippen molar-refractivity contribution in [3.8, 4) is 17.2 Å². The third-order valence-corrected chi connectivity index (χ3v) is 8.37. The predicted molar refractivity (Wildman–Crippen MR) is 191 cm³/mol. The van der Waals surface area contributed by atoms with Crippen LogP contribution in [0.5, 0.6) is 17.2 Å². The molecular formula is C40H58O8. The molecule has 0 atom stereocenters. The van der Waals surface area contributed by atoms with Crippen LogP contribution < -0.4 is 14.2 Å². The topological polar surface area (TPSA) is 97.4 Å². The second-order valence-electron chi connectivity index (χ2n) is 15.8. The minimum absolute atomic E-state index is 0.161. The lowest BCUT2D eigenvalue weighted by Gasteiger charge is -2.35. The first-order chi connectivity index (χ1) is 22.0. The molecule has 2 aromatic rings. The van der Waals surface area contributed by atoms with Gasteiger partial charge in [-0.25, -0.2) is 0 Å². The molecule has 2 aromatic carbocycles. The Labute approximate surface area is 288 Å². The highest BCUT2D eigenvalue weighted by Gasteiger charge is 2.35. The molecule has 8 heteroatoms. The van der Waals surface area contributed by atoms with Gasteiger partial charge in [-0.15, -0.1) is 0 Å². The Bertz CT molecular complexity index is 1450. The quantitative estimate of drug-likeness (QED) is 0.0802. The Morgan fingerprint density at radius 3 is 1.67 bits per heavy atom. The third-order valence-electron chi connectivity index (χ3n) is 8.37. The van der Waals surface area contributed by atoms with Gasteiger partial charge in [0.15, 0.2) is 5.78 Å². The van der Waals surface area contributed by atoms with E-state index in [0.717, 1.165) is 29.5 Å². The van der Waals surface area contributed by atoms with Crippen molar-refractivity contribution in [3.63, 3.8) is 0 Å². The van der Waals surface area contributed by atoms with E-state index in [0.29, 0.717) is 22.8 Å². The Hall–Kier alpha value is -3.81. The molecular weight excluding hydrogens is 608 g/mol. The number of esters is 2. The lowest BCUT2D eigenvalue weighted by molar-refractivity contribution is -0.160. The van der Waals surface area contributed by atoms with E-state index < -0.39 is 16.2 Å². The van der Waals surface area contributed by atoms with Crippen LogP contribution in [0.3, 0.4) is 0 Å². The molecule has 0 unspecified atom stereocenters. The van der Waals surface area contributed by atoms with Gasteiger partial charge < -0.3 is 23.7 Å². The summed E-state index contributed by atoms with van der Waals surface area (Å²) in [6, 6.07) is 8.71. The van der Waals surface area contributed by atoms with E-state index in [-0.39, 0.29) is 42.8 Å². The minimum atomic E-state index is -0.665. The van der Waals surface area contributed by atoms with Crippen molar-refractivity contribution in [1.29, 1.82) is 0 Å². The maximum absolute atomic E-state index is 13.4. The van der Waals surface area contributed by atoms with Gasteiger partial charge >= 0.3 is 11.9 Å². The molecule has 0 spiro atoms. The molecule has 0 fully saturated rings. The average molecular weight is 667 g/mol. The molecule has 266 valence electrons. The second-order valence-corrected chi connectivity index (χ2v) is 15.8. The van der Waals surface area contributed by atoms with E-state index in [2.05, 4.69) is 41.5 Å². The first-order valence-corrected chi connectivity index (χ1v) is 16.9. The molecule has 0 N–H and O–H groups in total. The van der Waals surface area contributed by atoms with Gasteiger partial charge in [0.25, 0.3) is 0 Å². The monoisotopic (exact) mass is 666 g/mol. The second kappa shape index (κ2) is 16.1. The summed E-state index contributed by atoms with van der Waals surface area (Å²) in [5.74, 6) is 0.834. The maximum atomic E-state index is 13.4. The molecule has 0 aliphatic heterocycles. The zero-order valence-corrected chi connectivity index (χ0v) is 31.7. The highest BCUT2D eigenvalue weighted by atomic mass is 16.7. The van der Waals surface area contributed by atoms with E-state index in [9.17, 15) is 14.4 Å². The summed E-state index contributed by atoms with van der Waals surface area (Å²) in [6.07, 6.45) is 4.77. The summed E-state index contributed by atoms with van der Waals surface area (Å²) < 4.78 is 29.2. The lowest BCUT2D eigenvalue weighted by atomic mass is 9.74. The predicted octanol–water partition coefficient (Wildman–Crippen LogP) is 9.60. The lowest BCUT2D eigenvalue weighted by Crippen LogP contribution is -2.28. The van der Waals surface area contributed by atoms with E-state index in [1.165, 1.54) is 0 Å². The summed E-state index contributed by atoms with van der Waals surface area (Å²) in [5.41, 5.74) is 1.03. The van der Waals surface area contributed by atoms with E-state index >= 15 is 0 Å². The van der Waals surface area contributed by atoms with Crippen molar-refractivity contribution < 1.29 is 38.1 Å². The normalized spacial score (nSPS) is 12.6. The van der Waals surface area contributed by atoms with Gasteiger partial charge in [0.05, 0.1) is 16.9 Å². The number of ketones is 1. The van der Waals surface area contributed by atoms with Crippen molar-refractivity contribution >= 4 is 23.8 Å². The van der Waals surface area contributed by atoms with Crippen LogP contribution in [0, 0.1) is 10.8 Å². The number of ether oxygens (including phenoxy) is 5. The largest absolute Gasteiger partial charge is 0.490 e. The summed E-state index contributed by atoms with van der Waals surface area (Å²) in [4.78, 5) is 38.0. The molecule has 0 aliphatic carbocycles. The zero-order valence-electron chi connectivity index (χ0n) is 31.7. The summed E-state index contributed by atoms with van der Waals surface area (Å²) in [6.45, 7) is 27.0. The molecule has 0 saturated carbocycles. The van der Waals surface area contributed by atoms with Crippen molar-refractivity contribution in [2.45, 2.75) is 127 Å². The van der Waals surface area contributed by atoms with E-state index in [4.69, 9.17) is 23.7 Å².